The van der Waals surface area contributed by atoms with E-state index in [-0.39, 0.29) is 60.8 Å². The van der Waals surface area contributed by atoms with E-state index in [4.69, 9.17) is 16.9 Å². The SMILES string of the molecule is C=CC(=O)N1CC(N(C)C(=O)Cn2c(CC)c(C(=O)N3CCN(c4ccc(C#N)cn4)CC3C)c3cc(Cl)cc(C)c32)C1.C=CC(=O)N1CC(NC(=O)Cn2c3ccc(Br)cc3c3cc(Br)ccc32)C1. The largest absolute Gasteiger partial charge is 0.353 e. The molecule has 3 fully saturated rings. The fraction of sp³-hybridized carbons (Fsp3) is 0.327. The molecule has 5 amide bonds. The number of halogens is 3. The van der Waals surface area contributed by atoms with Gasteiger partial charge >= 0.3 is 0 Å². The van der Waals surface area contributed by atoms with Crippen molar-refractivity contribution in [2.45, 2.75) is 58.4 Å². The lowest BCUT2D eigenvalue weighted by atomic mass is 10.0. The molecular weight excluding hydrogens is 1040 g/mol. The van der Waals surface area contributed by atoms with Crippen molar-refractivity contribution in [1.29, 1.82) is 5.26 Å². The van der Waals surface area contributed by atoms with Gasteiger partial charge in [0.1, 0.15) is 25.0 Å². The van der Waals surface area contributed by atoms with Crippen LogP contribution in [-0.4, -0.2) is 134 Å². The smallest absolute Gasteiger partial charge is 0.256 e. The van der Waals surface area contributed by atoms with Gasteiger partial charge < -0.3 is 39.0 Å². The van der Waals surface area contributed by atoms with Gasteiger partial charge in [-0.3, -0.25) is 24.0 Å². The molecule has 1 N–H and O–H groups in total. The topological polar surface area (TPSA) is 160 Å². The van der Waals surface area contributed by atoms with Gasteiger partial charge in [0.2, 0.25) is 23.6 Å². The van der Waals surface area contributed by atoms with E-state index in [9.17, 15) is 24.0 Å². The number of anilines is 1. The zero-order valence-electron chi connectivity index (χ0n) is 39.4. The fourth-order valence-electron chi connectivity index (χ4n) is 9.72. The Kier molecular flexibility index (Phi) is 14.9. The lowest BCUT2D eigenvalue weighted by Crippen LogP contribution is -2.61. The molecule has 3 aliphatic heterocycles. The number of fused-ring (bicyclic) bond motifs is 4. The fourth-order valence-corrected chi connectivity index (χ4v) is 10.7. The first-order chi connectivity index (χ1) is 33.5. The Labute approximate surface area is 428 Å². The first-order valence-electron chi connectivity index (χ1n) is 23.0. The number of hydrogen-bond donors (Lipinski definition) is 1. The van der Waals surface area contributed by atoms with Crippen LogP contribution in [0.3, 0.4) is 0 Å². The number of amides is 5. The lowest BCUT2D eigenvalue weighted by Gasteiger charge is -2.43. The van der Waals surface area contributed by atoms with Crippen molar-refractivity contribution in [2.75, 3.05) is 57.8 Å². The minimum absolute atomic E-state index is 0.00206. The minimum atomic E-state index is -0.138. The third-order valence-electron chi connectivity index (χ3n) is 13.5. The van der Waals surface area contributed by atoms with E-state index in [1.54, 1.807) is 34.0 Å². The number of carbonyl (C=O) groups excluding carboxylic acids is 5. The second-order valence-corrected chi connectivity index (χ2v) is 20.2. The number of pyridine rings is 1. The molecule has 15 nitrogen and oxygen atoms in total. The van der Waals surface area contributed by atoms with Gasteiger partial charge in [0.25, 0.3) is 5.91 Å². The predicted octanol–water partition coefficient (Wildman–Crippen LogP) is 7.47. The highest BCUT2D eigenvalue weighted by molar-refractivity contribution is 9.10. The summed E-state index contributed by atoms with van der Waals surface area (Å²) in [6.07, 6.45) is 4.70. The Hall–Kier alpha value is -6.48. The average Bonchev–Trinajstić information content (AvgIpc) is 3.79. The summed E-state index contributed by atoms with van der Waals surface area (Å²) in [7, 11) is 1.76. The summed E-state index contributed by atoms with van der Waals surface area (Å²) < 4.78 is 6.00. The van der Waals surface area contributed by atoms with Gasteiger partial charge in [0, 0.05) is 112 Å². The van der Waals surface area contributed by atoms with Crippen LogP contribution >= 0.6 is 43.5 Å². The molecule has 3 aromatic carbocycles. The van der Waals surface area contributed by atoms with Crippen molar-refractivity contribution in [1.82, 2.24) is 39.0 Å². The number of aryl methyl sites for hydroxylation is 1. The summed E-state index contributed by atoms with van der Waals surface area (Å²) in [6, 6.07) is 21.3. The van der Waals surface area contributed by atoms with Crippen LogP contribution in [0.15, 0.2) is 101 Å². The minimum Gasteiger partial charge on any atom is -0.353 e. The van der Waals surface area contributed by atoms with Crippen molar-refractivity contribution < 1.29 is 24.0 Å². The molecule has 70 heavy (non-hydrogen) atoms. The molecule has 0 spiro atoms. The average molecular weight is 1090 g/mol. The van der Waals surface area contributed by atoms with Crippen molar-refractivity contribution in [2.24, 2.45) is 0 Å². The highest BCUT2D eigenvalue weighted by Gasteiger charge is 2.37. The number of nitrogens with one attached hydrogen (secondary N) is 1. The molecule has 18 heteroatoms. The molecular formula is C52H53Br2ClN10O5. The van der Waals surface area contributed by atoms with E-state index in [1.165, 1.54) is 12.2 Å². The maximum absolute atomic E-state index is 14.3. The van der Waals surface area contributed by atoms with Crippen molar-refractivity contribution in [3.63, 3.8) is 0 Å². The molecule has 6 heterocycles. The molecule has 362 valence electrons. The normalized spacial score (nSPS) is 16.0. The van der Waals surface area contributed by atoms with E-state index < -0.39 is 0 Å². The van der Waals surface area contributed by atoms with Crippen LogP contribution in [0.4, 0.5) is 5.82 Å². The lowest BCUT2D eigenvalue weighted by molar-refractivity contribution is -0.142. The zero-order chi connectivity index (χ0) is 50.1. The molecule has 0 bridgehead atoms. The zero-order valence-corrected chi connectivity index (χ0v) is 43.4. The molecule has 1 unspecified atom stereocenters. The molecule has 0 saturated carbocycles. The second-order valence-electron chi connectivity index (χ2n) is 17.9. The van der Waals surface area contributed by atoms with Gasteiger partial charge in [-0.15, -0.1) is 0 Å². The number of nitrogens with zero attached hydrogens (tertiary/aromatic N) is 9. The molecule has 3 aliphatic rings. The Morgan fingerprint density at radius 3 is 2.04 bits per heavy atom. The summed E-state index contributed by atoms with van der Waals surface area (Å²) in [6.45, 7) is 17.0. The number of hydrogen-bond acceptors (Lipinski definition) is 8. The van der Waals surface area contributed by atoms with Gasteiger partial charge in [-0.25, -0.2) is 4.98 Å². The number of carbonyl (C=O) groups is 5. The van der Waals surface area contributed by atoms with Crippen LogP contribution in [0.1, 0.15) is 41.0 Å². The third kappa shape index (κ3) is 9.95. The number of likely N-dealkylation sites (N-methyl/N-ethyl adjacent to an activating group) is 1. The van der Waals surface area contributed by atoms with Crippen molar-refractivity contribution >= 4 is 112 Å². The summed E-state index contributed by atoms with van der Waals surface area (Å²) in [5, 5.41) is 15.6. The van der Waals surface area contributed by atoms with E-state index in [1.807, 2.05) is 77.3 Å². The molecule has 9 rings (SSSR count). The second kappa shape index (κ2) is 20.9. The van der Waals surface area contributed by atoms with Crippen molar-refractivity contribution in [3.8, 4) is 6.07 Å². The van der Waals surface area contributed by atoms with Crippen LogP contribution in [0.2, 0.25) is 5.02 Å². The van der Waals surface area contributed by atoms with Crippen LogP contribution in [0.25, 0.3) is 32.7 Å². The van der Waals surface area contributed by atoms with Crippen LogP contribution < -0.4 is 10.2 Å². The van der Waals surface area contributed by atoms with Crippen LogP contribution in [0.5, 0.6) is 0 Å². The Balaban J connectivity index is 0.000000209. The van der Waals surface area contributed by atoms with Gasteiger partial charge in [-0.2, -0.15) is 5.26 Å². The number of rotatable bonds is 11. The van der Waals surface area contributed by atoms with E-state index in [0.29, 0.717) is 68.4 Å². The highest BCUT2D eigenvalue weighted by Crippen LogP contribution is 2.36. The summed E-state index contributed by atoms with van der Waals surface area (Å²) in [5.74, 6) is 0.306. The van der Waals surface area contributed by atoms with Crippen molar-refractivity contribution in [3.05, 3.63) is 129 Å². The Bertz CT molecular complexity index is 3070. The summed E-state index contributed by atoms with van der Waals surface area (Å²) in [4.78, 5) is 77.4. The molecule has 0 aliphatic carbocycles. The quantitative estimate of drug-likeness (QED) is 0.131. The standard InChI is InChI=1S/C32H36ClN7O3.C20H17Br2N3O2/c1-6-26-30(32(43)39-11-10-37(16-21(39)4)27-9-8-22(14-34)15-35-27)25-13-23(33)12-20(3)31(25)40(26)19-29(42)36(5)24-17-38(18-24)28(41)7-2;1-2-20(27)24-9-14(10-24)23-19(26)11-25-17-5-3-12(21)7-15(17)16-8-13(22)4-6-18(16)25/h7-9,12-13,15,21,24H,2,6,10-11,16-19H2,1,3-5H3;2-8,14H,1,9-11H2,(H,23,26). The Morgan fingerprint density at radius 2 is 1.49 bits per heavy atom. The molecule has 0 radical (unpaired) electrons. The van der Waals surface area contributed by atoms with Crippen LogP contribution in [-0.2, 0) is 38.7 Å². The molecule has 3 saturated heterocycles. The number of likely N-dealkylation sites (tertiary alicyclic amines) is 2. The summed E-state index contributed by atoms with van der Waals surface area (Å²) in [5.41, 5.74) is 5.64. The first-order valence-corrected chi connectivity index (χ1v) is 25.0. The first kappa shape index (κ1) is 49.9. The third-order valence-corrected chi connectivity index (χ3v) is 14.7. The Morgan fingerprint density at radius 1 is 0.857 bits per heavy atom. The highest BCUT2D eigenvalue weighted by atomic mass is 79.9. The number of benzene rings is 3. The van der Waals surface area contributed by atoms with E-state index in [0.717, 1.165) is 58.7 Å². The van der Waals surface area contributed by atoms with Gasteiger partial charge in [0.15, 0.2) is 0 Å². The number of nitriles is 1. The number of piperazine rings is 1. The molecule has 6 aromatic rings. The predicted molar refractivity (Wildman–Crippen MR) is 280 cm³/mol. The number of aromatic nitrogens is 3. The molecule has 3 aromatic heterocycles. The summed E-state index contributed by atoms with van der Waals surface area (Å²) >= 11 is 13.6. The maximum Gasteiger partial charge on any atom is 0.256 e. The van der Waals surface area contributed by atoms with E-state index >= 15 is 0 Å². The monoisotopic (exact) mass is 1090 g/mol. The molecule has 1 atom stereocenters. The van der Waals surface area contributed by atoms with Gasteiger partial charge in [-0.05, 0) is 98.6 Å². The van der Waals surface area contributed by atoms with Gasteiger partial charge in [-0.1, -0.05) is 63.5 Å². The van der Waals surface area contributed by atoms with Gasteiger partial charge in [0.05, 0.1) is 28.7 Å². The van der Waals surface area contributed by atoms with Crippen LogP contribution in [0, 0.1) is 18.3 Å². The maximum atomic E-state index is 14.3. The van der Waals surface area contributed by atoms with E-state index in [2.05, 4.69) is 78.4 Å².